The van der Waals surface area contributed by atoms with E-state index in [4.69, 9.17) is 4.52 Å². The van der Waals surface area contributed by atoms with E-state index < -0.39 is 25.0 Å². The van der Waals surface area contributed by atoms with Crippen molar-refractivity contribution in [2.75, 3.05) is 14.2 Å². The van der Waals surface area contributed by atoms with Gasteiger partial charge in [-0.15, -0.1) is 0 Å². The number of unbranched alkanes of at least 4 members (excludes halogenated alkanes) is 1. The van der Waals surface area contributed by atoms with Gasteiger partial charge in [0.05, 0.1) is 0 Å². The van der Waals surface area contributed by atoms with Crippen LogP contribution in [0.15, 0.2) is 0 Å². The predicted octanol–water partition coefficient (Wildman–Crippen LogP) is 2.51. The van der Waals surface area contributed by atoms with Gasteiger partial charge in [-0.25, -0.2) is 4.57 Å². The van der Waals surface area contributed by atoms with E-state index in [9.17, 15) is 14.2 Å². The van der Waals surface area contributed by atoms with Crippen molar-refractivity contribution in [3.63, 3.8) is 0 Å². The van der Waals surface area contributed by atoms with Crippen molar-refractivity contribution in [3.05, 3.63) is 0 Å². The first-order valence-corrected chi connectivity index (χ1v) is 7.18. The van der Waals surface area contributed by atoms with Gasteiger partial charge in [0.25, 0.3) is 0 Å². The number of rotatable bonds is 9. The summed E-state index contributed by atoms with van der Waals surface area (Å²) in [7, 11) is -1.63. The summed E-state index contributed by atoms with van der Waals surface area (Å²) in [5.41, 5.74) is -1.79. The molecule has 7 heteroatoms. The molecule has 0 aromatic heterocycles. The number of carbonyl (C=O) groups excluding carboxylic acids is 2. The van der Waals surface area contributed by atoms with E-state index in [1.165, 1.54) is 13.8 Å². The molecule has 106 valence electrons. The third-order valence-electron chi connectivity index (χ3n) is 2.70. The van der Waals surface area contributed by atoms with E-state index in [0.717, 1.165) is 20.6 Å². The average Bonchev–Trinajstić information content (AvgIpc) is 2.35. The Labute approximate surface area is 108 Å². The van der Waals surface area contributed by atoms with Crippen molar-refractivity contribution in [2.45, 2.75) is 45.6 Å². The van der Waals surface area contributed by atoms with Gasteiger partial charge in [-0.1, -0.05) is 13.3 Å². The SMILES string of the molecule is CCCCC(=O)C(C)(OP(=O)(OC)OC)C(C)=O. The smallest absolute Gasteiger partial charge is 0.296 e. The highest BCUT2D eigenvalue weighted by Crippen LogP contribution is 2.51. The van der Waals surface area contributed by atoms with Gasteiger partial charge in [-0.3, -0.25) is 23.2 Å². The molecule has 0 saturated carbocycles. The van der Waals surface area contributed by atoms with E-state index >= 15 is 0 Å². The van der Waals surface area contributed by atoms with Crippen LogP contribution in [-0.4, -0.2) is 31.4 Å². The Hall–Kier alpha value is -0.550. The minimum Gasteiger partial charge on any atom is -0.296 e. The fourth-order valence-corrected chi connectivity index (χ4v) is 2.24. The zero-order chi connectivity index (χ0) is 14.4. The molecule has 0 aliphatic heterocycles. The lowest BCUT2D eigenvalue weighted by molar-refractivity contribution is -0.146. The maximum absolute atomic E-state index is 12.0. The van der Waals surface area contributed by atoms with Gasteiger partial charge in [-0.2, -0.15) is 0 Å². The first-order valence-electron chi connectivity index (χ1n) is 5.72. The molecule has 1 atom stereocenters. The molecule has 0 aromatic rings. The highest BCUT2D eigenvalue weighted by atomic mass is 31.2. The van der Waals surface area contributed by atoms with E-state index in [1.807, 2.05) is 6.92 Å². The van der Waals surface area contributed by atoms with Crippen LogP contribution < -0.4 is 0 Å². The molecular weight excluding hydrogens is 259 g/mol. The molecule has 1 unspecified atom stereocenters. The number of phosphoric acid groups is 1. The van der Waals surface area contributed by atoms with E-state index in [0.29, 0.717) is 6.42 Å². The fourth-order valence-electron chi connectivity index (χ4n) is 1.26. The third-order valence-corrected chi connectivity index (χ3v) is 4.19. The molecule has 0 fully saturated rings. The normalized spacial score (nSPS) is 15.2. The topological polar surface area (TPSA) is 78.9 Å². The summed E-state index contributed by atoms with van der Waals surface area (Å²) in [4.78, 5) is 23.6. The van der Waals surface area contributed by atoms with Crippen molar-refractivity contribution >= 4 is 19.4 Å². The number of phosphoric ester groups is 1. The molecule has 0 aliphatic carbocycles. The van der Waals surface area contributed by atoms with E-state index in [1.54, 1.807) is 0 Å². The predicted molar refractivity (Wildman–Crippen MR) is 66.3 cm³/mol. The Bertz CT molecular complexity index is 345. The Kier molecular flexibility index (Phi) is 6.92. The molecule has 0 bridgehead atoms. The average molecular weight is 280 g/mol. The van der Waals surface area contributed by atoms with Crippen LogP contribution in [0.3, 0.4) is 0 Å². The molecule has 0 aromatic carbocycles. The summed E-state index contributed by atoms with van der Waals surface area (Å²) in [6.07, 6.45) is 1.63. The lowest BCUT2D eigenvalue weighted by Gasteiger charge is -2.28. The zero-order valence-corrected chi connectivity index (χ0v) is 12.4. The number of hydrogen-bond acceptors (Lipinski definition) is 6. The third kappa shape index (κ3) is 4.28. The van der Waals surface area contributed by atoms with Crippen molar-refractivity contribution < 1.29 is 27.7 Å². The molecule has 0 spiro atoms. The zero-order valence-electron chi connectivity index (χ0n) is 11.5. The number of hydrogen-bond donors (Lipinski definition) is 0. The first-order chi connectivity index (χ1) is 8.25. The van der Waals surface area contributed by atoms with E-state index in [-0.39, 0.29) is 6.42 Å². The van der Waals surface area contributed by atoms with Crippen LogP contribution in [0.4, 0.5) is 0 Å². The Morgan fingerprint density at radius 1 is 1.22 bits per heavy atom. The standard InChI is InChI=1S/C11H21O6P/c1-6-7-8-10(13)11(3,9(2)12)17-18(14,15-4)16-5/h6-8H2,1-5H3. The molecule has 18 heavy (non-hydrogen) atoms. The van der Waals surface area contributed by atoms with E-state index in [2.05, 4.69) is 9.05 Å². The Morgan fingerprint density at radius 2 is 1.72 bits per heavy atom. The molecule has 0 amide bonds. The highest BCUT2D eigenvalue weighted by molar-refractivity contribution is 7.48. The molecule has 6 nitrogen and oxygen atoms in total. The Balaban J connectivity index is 5.10. The lowest BCUT2D eigenvalue weighted by Crippen LogP contribution is -2.44. The molecular formula is C11H21O6P. The van der Waals surface area contributed by atoms with Crippen LogP contribution in [0.25, 0.3) is 0 Å². The second-order valence-corrected chi connectivity index (χ2v) is 5.83. The second kappa shape index (κ2) is 7.14. The van der Waals surface area contributed by atoms with Crippen molar-refractivity contribution in [1.82, 2.24) is 0 Å². The van der Waals surface area contributed by atoms with Crippen LogP contribution in [0.2, 0.25) is 0 Å². The van der Waals surface area contributed by atoms with Gasteiger partial charge in [-0.05, 0) is 20.3 Å². The minimum atomic E-state index is -3.88. The fraction of sp³-hybridized carbons (Fsp3) is 0.818. The summed E-state index contributed by atoms with van der Waals surface area (Å²) in [5, 5.41) is 0. The first kappa shape index (κ1) is 17.4. The van der Waals surface area contributed by atoms with Crippen LogP contribution in [0.1, 0.15) is 40.0 Å². The quantitative estimate of drug-likeness (QED) is 0.477. The highest BCUT2D eigenvalue weighted by Gasteiger charge is 2.45. The van der Waals surface area contributed by atoms with Gasteiger partial charge < -0.3 is 0 Å². The molecule has 0 heterocycles. The van der Waals surface area contributed by atoms with Crippen molar-refractivity contribution in [1.29, 1.82) is 0 Å². The van der Waals surface area contributed by atoms with Crippen molar-refractivity contribution in [2.24, 2.45) is 0 Å². The molecule has 0 radical (unpaired) electrons. The van der Waals surface area contributed by atoms with Gasteiger partial charge in [0, 0.05) is 20.6 Å². The van der Waals surface area contributed by atoms with Crippen LogP contribution in [-0.2, 0) is 27.7 Å². The van der Waals surface area contributed by atoms with Crippen LogP contribution >= 0.6 is 7.82 Å². The van der Waals surface area contributed by atoms with Gasteiger partial charge in [0.2, 0.25) is 0 Å². The molecule has 0 N–H and O–H groups in total. The largest absolute Gasteiger partial charge is 0.475 e. The number of Topliss-reactive ketones (excluding diaryl/α,β-unsaturated/α-hetero) is 2. The van der Waals surface area contributed by atoms with Crippen LogP contribution in [0, 0.1) is 0 Å². The van der Waals surface area contributed by atoms with Crippen molar-refractivity contribution in [3.8, 4) is 0 Å². The molecule has 0 aliphatic rings. The van der Waals surface area contributed by atoms with Crippen LogP contribution in [0.5, 0.6) is 0 Å². The minimum absolute atomic E-state index is 0.181. The Morgan fingerprint density at radius 3 is 2.06 bits per heavy atom. The monoisotopic (exact) mass is 280 g/mol. The summed E-state index contributed by atoms with van der Waals surface area (Å²) in [5.74, 6) is -0.955. The number of carbonyl (C=O) groups is 2. The maximum atomic E-state index is 12.0. The summed E-state index contributed by atoms with van der Waals surface area (Å²) in [6.45, 7) is 4.42. The summed E-state index contributed by atoms with van der Waals surface area (Å²) >= 11 is 0. The molecule has 0 saturated heterocycles. The summed E-state index contributed by atoms with van der Waals surface area (Å²) in [6, 6.07) is 0. The maximum Gasteiger partial charge on any atom is 0.475 e. The lowest BCUT2D eigenvalue weighted by atomic mass is 9.93. The van der Waals surface area contributed by atoms with Gasteiger partial charge in [0.15, 0.2) is 17.2 Å². The summed E-state index contributed by atoms with van der Waals surface area (Å²) < 4.78 is 26.1. The second-order valence-electron chi connectivity index (χ2n) is 4.02. The molecule has 0 rings (SSSR count). The van der Waals surface area contributed by atoms with Gasteiger partial charge >= 0.3 is 7.82 Å². The number of ketones is 2. The van der Waals surface area contributed by atoms with Gasteiger partial charge in [0.1, 0.15) is 0 Å².